The molecule has 1 fully saturated rings. The average Bonchev–Trinajstić information content (AvgIpc) is 3.10. The van der Waals surface area contributed by atoms with Gasteiger partial charge >= 0.3 is 0 Å². The second kappa shape index (κ2) is 5.60. The molecular weight excluding hydrogens is 286 g/mol. The van der Waals surface area contributed by atoms with Crippen LogP contribution in [0.1, 0.15) is 50.4 Å². The smallest absolute Gasteiger partial charge is 0.171 e. The predicted molar refractivity (Wildman–Crippen MR) is 92.4 cm³/mol. The van der Waals surface area contributed by atoms with Crippen LogP contribution in [-0.4, -0.2) is 29.7 Å². The molecule has 1 aromatic heterocycles. The van der Waals surface area contributed by atoms with E-state index in [4.69, 9.17) is 4.52 Å². The van der Waals surface area contributed by atoms with Crippen molar-refractivity contribution >= 4 is 11.0 Å². The zero-order chi connectivity index (χ0) is 16.0. The van der Waals surface area contributed by atoms with Crippen molar-refractivity contribution in [2.45, 2.75) is 52.1 Å². The van der Waals surface area contributed by atoms with Crippen LogP contribution in [0.5, 0.6) is 0 Å². The Kier molecular flexibility index (Phi) is 3.69. The first-order valence-electron chi connectivity index (χ1n) is 8.86. The molecule has 1 N–H and O–H groups in total. The molecule has 0 aliphatic carbocycles. The van der Waals surface area contributed by atoms with E-state index in [0.29, 0.717) is 0 Å². The molecule has 4 rings (SSSR count). The van der Waals surface area contributed by atoms with Crippen molar-refractivity contribution in [2.24, 2.45) is 5.92 Å². The van der Waals surface area contributed by atoms with Crippen molar-refractivity contribution in [1.29, 1.82) is 0 Å². The Balaban J connectivity index is 1.58. The molecule has 3 heterocycles. The third-order valence-corrected chi connectivity index (χ3v) is 5.30. The van der Waals surface area contributed by atoms with Crippen LogP contribution in [0.2, 0.25) is 0 Å². The fraction of sp³-hybridized carbons (Fsp3) is 0.632. The van der Waals surface area contributed by atoms with Crippen LogP contribution in [0.4, 0.5) is 0 Å². The molecule has 0 atom stereocenters. The van der Waals surface area contributed by atoms with E-state index in [-0.39, 0.29) is 5.41 Å². The molecule has 0 spiro atoms. The van der Waals surface area contributed by atoms with Gasteiger partial charge in [-0.1, -0.05) is 32.0 Å². The molecule has 4 heteroatoms. The van der Waals surface area contributed by atoms with E-state index < -0.39 is 0 Å². The molecule has 1 saturated heterocycles. The molecular formula is C19H27N3O. The molecule has 2 aliphatic heterocycles. The average molecular weight is 313 g/mol. The van der Waals surface area contributed by atoms with E-state index in [2.05, 4.69) is 48.3 Å². The Morgan fingerprint density at radius 3 is 2.74 bits per heavy atom. The van der Waals surface area contributed by atoms with E-state index in [9.17, 15) is 0 Å². The fourth-order valence-corrected chi connectivity index (χ4v) is 4.04. The van der Waals surface area contributed by atoms with Crippen LogP contribution in [-0.2, 0) is 18.5 Å². The summed E-state index contributed by atoms with van der Waals surface area (Å²) in [5, 5.41) is 9.03. The molecule has 0 amide bonds. The lowest BCUT2D eigenvalue weighted by atomic mass is 9.89. The van der Waals surface area contributed by atoms with Gasteiger partial charge in [-0.25, -0.2) is 0 Å². The van der Waals surface area contributed by atoms with Crippen LogP contribution in [0.3, 0.4) is 0 Å². The molecule has 2 aromatic rings. The number of nitrogens with one attached hydrogen (secondary N) is 1. The van der Waals surface area contributed by atoms with Gasteiger partial charge in [0.1, 0.15) is 0 Å². The van der Waals surface area contributed by atoms with Gasteiger partial charge in [0, 0.05) is 36.0 Å². The lowest BCUT2D eigenvalue weighted by Gasteiger charge is -2.27. The highest BCUT2D eigenvalue weighted by Crippen LogP contribution is 2.36. The molecule has 0 unspecified atom stereocenters. The van der Waals surface area contributed by atoms with Crippen molar-refractivity contribution in [3.63, 3.8) is 0 Å². The summed E-state index contributed by atoms with van der Waals surface area (Å²) in [5.74, 6) is 0.834. The molecule has 124 valence electrons. The number of hydrogen-bond donors (Lipinski definition) is 1. The van der Waals surface area contributed by atoms with Crippen LogP contribution in [0, 0.1) is 5.92 Å². The number of nitrogens with zero attached hydrogens (tertiary/aromatic N) is 2. The highest BCUT2D eigenvalue weighted by molar-refractivity contribution is 5.84. The van der Waals surface area contributed by atoms with E-state index in [1.54, 1.807) is 0 Å². The summed E-state index contributed by atoms with van der Waals surface area (Å²) in [6, 6.07) is 4.49. The van der Waals surface area contributed by atoms with Gasteiger partial charge in [-0.05, 0) is 43.5 Å². The Morgan fingerprint density at radius 1 is 1.22 bits per heavy atom. The summed E-state index contributed by atoms with van der Waals surface area (Å²) in [7, 11) is 0. The molecule has 4 nitrogen and oxygen atoms in total. The van der Waals surface area contributed by atoms with Crippen molar-refractivity contribution < 1.29 is 4.52 Å². The molecule has 0 bridgehead atoms. The summed E-state index contributed by atoms with van der Waals surface area (Å²) in [5.41, 5.74) is 4.89. The van der Waals surface area contributed by atoms with Gasteiger partial charge in [0.15, 0.2) is 5.58 Å². The fourth-order valence-electron chi connectivity index (χ4n) is 4.04. The maximum Gasteiger partial charge on any atom is 0.171 e. The highest BCUT2D eigenvalue weighted by atomic mass is 16.5. The lowest BCUT2D eigenvalue weighted by molar-refractivity contribution is 0.208. The summed E-state index contributed by atoms with van der Waals surface area (Å²) in [6.45, 7) is 12.2. The van der Waals surface area contributed by atoms with E-state index in [0.717, 1.165) is 30.3 Å². The number of fused-ring (bicyclic) bond motifs is 3. The van der Waals surface area contributed by atoms with Crippen molar-refractivity contribution in [3.05, 3.63) is 29.0 Å². The van der Waals surface area contributed by atoms with Crippen LogP contribution >= 0.6 is 0 Å². The normalized spacial score (nSPS) is 20.3. The second-order valence-electron chi connectivity index (χ2n) is 8.22. The Bertz CT molecular complexity index is 707. The first kappa shape index (κ1) is 15.2. The number of hydrogen-bond acceptors (Lipinski definition) is 4. The van der Waals surface area contributed by atoms with Crippen molar-refractivity contribution in [3.8, 4) is 0 Å². The number of piperidine rings is 1. The lowest BCUT2D eigenvalue weighted by Crippen LogP contribution is -2.34. The van der Waals surface area contributed by atoms with E-state index >= 15 is 0 Å². The van der Waals surface area contributed by atoms with Gasteiger partial charge in [0.2, 0.25) is 0 Å². The summed E-state index contributed by atoms with van der Waals surface area (Å²) >= 11 is 0. The maximum absolute atomic E-state index is 5.77. The summed E-state index contributed by atoms with van der Waals surface area (Å²) in [6.07, 6.45) is 2.61. The van der Waals surface area contributed by atoms with Crippen LogP contribution in [0.25, 0.3) is 11.0 Å². The SMILES string of the molecule is CC(C)(C)c1noc2c3c(ccc12)CN(CC1CCNCC1)C3. The molecule has 1 aromatic carbocycles. The Hall–Kier alpha value is -1.39. The second-order valence-corrected chi connectivity index (χ2v) is 8.22. The van der Waals surface area contributed by atoms with Crippen LogP contribution < -0.4 is 5.32 Å². The quantitative estimate of drug-likeness (QED) is 0.922. The van der Waals surface area contributed by atoms with Gasteiger partial charge in [-0.15, -0.1) is 0 Å². The zero-order valence-corrected chi connectivity index (χ0v) is 14.5. The molecule has 0 saturated carbocycles. The van der Waals surface area contributed by atoms with Gasteiger partial charge in [0.25, 0.3) is 0 Å². The maximum atomic E-state index is 5.77. The zero-order valence-electron chi connectivity index (χ0n) is 14.5. The standard InChI is InChI=1S/C19H27N3O/c1-19(2,3)18-15-5-4-14-11-22(10-13-6-8-20-9-7-13)12-16(14)17(15)23-21-18/h4-5,13,20H,6-12H2,1-3H3. The minimum Gasteiger partial charge on any atom is -0.356 e. The molecule has 2 aliphatic rings. The van der Waals surface area contributed by atoms with Gasteiger partial charge < -0.3 is 9.84 Å². The van der Waals surface area contributed by atoms with Gasteiger partial charge in [0.05, 0.1) is 5.69 Å². The Morgan fingerprint density at radius 2 is 2.00 bits per heavy atom. The van der Waals surface area contributed by atoms with Crippen molar-refractivity contribution in [1.82, 2.24) is 15.4 Å². The third kappa shape index (κ3) is 2.79. The van der Waals surface area contributed by atoms with Crippen molar-refractivity contribution in [2.75, 3.05) is 19.6 Å². The number of benzene rings is 1. The minimum absolute atomic E-state index is 0.0207. The minimum atomic E-state index is 0.0207. The first-order chi connectivity index (χ1) is 11.0. The monoisotopic (exact) mass is 313 g/mol. The largest absolute Gasteiger partial charge is 0.356 e. The summed E-state index contributed by atoms with van der Waals surface area (Å²) in [4.78, 5) is 2.58. The molecule has 0 radical (unpaired) electrons. The van der Waals surface area contributed by atoms with Gasteiger partial charge in [-0.3, -0.25) is 4.90 Å². The number of rotatable bonds is 2. The topological polar surface area (TPSA) is 41.3 Å². The van der Waals surface area contributed by atoms with E-state index in [1.807, 2.05) is 0 Å². The predicted octanol–water partition coefficient (Wildman–Crippen LogP) is 3.44. The first-order valence-corrected chi connectivity index (χ1v) is 8.86. The number of aromatic nitrogens is 1. The summed E-state index contributed by atoms with van der Waals surface area (Å²) < 4.78 is 5.77. The van der Waals surface area contributed by atoms with Gasteiger partial charge in [-0.2, -0.15) is 0 Å². The Labute approximate surface area is 138 Å². The van der Waals surface area contributed by atoms with E-state index in [1.165, 1.54) is 49.0 Å². The highest BCUT2D eigenvalue weighted by Gasteiger charge is 2.29. The van der Waals surface area contributed by atoms with Crippen LogP contribution in [0.15, 0.2) is 16.7 Å². The third-order valence-electron chi connectivity index (χ3n) is 5.30. The molecule has 23 heavy (non-hydrogen) atoms.